The van der Waals surface area contributed by atoms with E-state index >= 15 is 0 Å². The number of oxazole rings is 1. The van der Waals surface area contributed by atoms with Crippen molar-refractivity contribution in [3.8, 4) is 11.5 Å². The van der Waals surface area contributed by atoms with Crippen LogP contribution in [0.1, 0.15) is 13.8 Å². The molecule has 3 heteroatoms. The zero-order valence-corrected chi connectivity index (χ0v) is 9.68. The standard InChI is InChI=1S/C13H16N2O/c1-3-15(4-2)12-7-5-11(6-8-12)13-14-9-10-16-13/h5-10H,3-4H2,1-2H3. The SMILES string of the molecule is CCN(CC)c1ccc(-c2ncco2)cc1. The Balaban J connectivity index is 2.22. The molecule has 0 bridgehead atoms. The number of hydrogen-bond donors (Lipinski definition) is 0. The molecule has 2 rings (SSSR count). The van der Waals surface area contributed by atoms with Gasteiger partial charge in [0.1, 0.15) is 6.26 Å². The van der Waals surface area contributed by atoms with Crippen LogP contribution in [-0.4, -0.2) is 18.1 Å². The van der Waals surface area contributed by atoms with E-state index < -0.39 is 0 Å². The van der Waals surface area contributed by atoms with Gasteiger partial charge in [-0.3, -0.25) is 0 Å². The Kier molecular flexibility index (Phi) is 3.25. The highest BCUT2D eigenvalue weighted by Crippen LogP contribution is 2.21. The first-order valence-corrected chi connectivity index (χ1v) is 5.60. The van der Waals surface area contributed by atoms with E-state index in [9.17, 15) is 0 Å². The second kappa shape index (κ2) is 4.84. The molecule has 0 saturated heterocycles. The van der Waals surface area contributed by atoms with Gasteiger partial charge >= 0.3 is 0 Å². The first-order valence-electron chi connectivity index (χ1n) is 5.60. The summed E-state index contributed by atoms with van der Waals surface area (Å²) < 4.78 is 5.25. The average molecular weight is 216 g/mol. The molecule has 0 aliphatic carbocycles. The third-order valence-electron chi connectivity index (χ3n) is 2.68. The summed E-state index contributed by atoms with van der Waals surface area (Å²) in [5, 5.41) is 0. The molecule has 1 aromatic heterocycles. The molecule has 1 aromatic carbocycles. The van der Waals surface area contributed by atoms with Crippen molar-refractivity contribution in [2.45, 2.75) is 13.8 Å². The highest BCUT2D eigenvalue weighted by Gasteiger charge is 2.04. The molecule has 0 spiro atoms. The predicted molar refractivity (Wildman–Crippen MR) is 65.5 cm³/mol. The highest BCUT2D eigenvalue weighted by molar-refractivity contribution is 5.59. The molecule has 1 heterocycles. The fraction of sp³-hybridized carbons (Fsp3) is 0.308. The summed E-state index contributed by atoms with van der Waals surface area (Å²) >= 11 is 0. The highest BCUT2D eigenvalue weighted by atomic mass is 16.3. The molecule has 0 amide bonds. The fourth-order valence-electron chi connectivity index (χ4n) is 1.77. The van der Waals surface area contributed by atoms with E-state index in [0.29, 0.717) is 5.89 Å². The summed E-state index contributed by atoms with van der Waals surface area (Å²) in [7, 11) is 0. The van der Waals surface area contributed by atoms with Crippen LogP contribution in [0.3, 0.4) is 0 Å². The van der Waals surface area contributed by atoms with Gasteiger partial charge in [-0.1, -0.05) is 0 Å². The van der Waals surface area contributed by atoms with Gasteiger partial charge < -0.3 is 9.32 Å². The van der Waals surface area contributed by atoms with E-state index in [1.54, 1.807) is 12.5 Å². The van der Waals surface area contributed by atoms with Crippen molar-refractivity contribution in [2.75, 3.05) is 18.0 Å². The van der Waals surface area contributed by atoms with Gasteiger partial charge in [0.25, 0.3) is 0 Å². The molecule has 0 atom stereocenters. The van der Waals surface area contributed by atoms with Crippen molar-refractivity contribution < 1.29 is 4.42 Å². The lowest BCUT2D eigenvalue weighted by Gasteiger charge is -2.20. The number of benzene rings is 1. The lowest BCUT2D eigenvalue weighted by Crippen LogP contribution is -2.21. The zero-order chi connectivity index (χ0) is 11.4. The first-order chi connectivity index (χ1) is 7.85. The van der Waals surface area contributed by atoms with Crippen LogP contribution in [0.5, 0.6) is 0 Å². The van der Waals surface area contributed by atoms with Crippen LogP contribution in [0.25, 0.3) is 11.5 Å². The van der Waals surface area contributed by atoms with Crippen LogP contribution in [0.15, 0.2) is 41.1 Å². The molecule has 0 aliphatic heterocycles. The van der Waals surface area contributed by atoms with Crippen LogP contribution in [-0.2, 0) is 0 Å². The second-order valence-electron chi connectivity index (χ2n) is 3.56. The molecule has 0 saturated carbocycles. The summed E-state index contributed by atoms with van der Waals surface area (Å²) in [6.07, 6.45) is 3.25. The molecule has 0 N–H and O–H groups in total. The van der Waals surface area contributed by atoms with Crippen LogP contribution in [0, 0.1) is 0 Å². The van der Waals surface area contributed by atoms with Gasteiger partial charge in [-0.25, -0.2) is 4.98 Å². The Labute approximate surface area is 95.7 Å². The summed E-state index contributed by atoms with van der Waals surface area (Å²) in [5.74, 6) is 0.672. The van der Waals surface area contributed by atoms with Crippen molar-refractivity contribution >= 4 is 5.69 Å². The Morgan fingerprint density at radius 3 is 2.31 bits per heavy atom. The Bertz CT molecular complexity index is 416. The summed E-state index contributed by atoms with van der Waals surface area (Å²) in [6.45, 7) is 6.36. The maximum atomic E-state index is 5.25. The molecule has 0 fully saturated rings. The molecule has 84 valence electrons. The van der Waals surface area contributed by atoms with Crippen molar-refractivity contribution in [3.05, 3.63) is 36.7 Å². The number of nitrogens with zero attached hydrogens (tertiary/aromatic N) is 2. The van der Waals surface area contributed by atoms with Crippen molar-refractivity contribution in [1.29, 1.82) is 0 Å². The fourth-order valence-corrected chi connectivity index (χ4v) is 1.77. The van der Waals surface area contributed by atoms with Crippen molar-refractivity contribution in [2.24, 2.45) is 0 Å². The molecular weight excluding hydrogens is 200 g/mol. The van der Waals surface area contributed by atoms with Crippen LogP contribution < -0.4 is 4.90 Å². The maximum absolute atomic E-state index is 5.25. The average Bonchev–Trinajstić information content (AvgIpc) is 2.85. The third-order valence-corrected chi connectivity index (χ3v) is 2.68. The van der Waals surface area contributed by atoms with Gasteiger partial charge in [0.2, 0.25) is 5.89 Å². The predicted octanol–water partition coefficient (Wildman–Crippen LogP) is 3.19. The molecule has 3 nitrogen and oxygen atoms in total. The quantitative estimate of drug-likeness (QED) is 0.786. The Hall–Kier alpha value is -1.77. The van der Waals surface area contributed by atoms with E-state index in [-0.39, 0.29) is 0 Å². The van der Waals surface area contributed by atoms with E-state index in [4.69, 9.17) is 4.42 Å². The Morgan fingerprint density at radius 1 is 1.12 bits per heavy atom. The van der Waals surface area contributed by atoms with Gasteiger partial charge in [-0.15, -0.1) is 0 Å². The van der Waals surface area contributed by atoms with E-state index in [0.717, 1.165) is 18.7 Å². The largest absolute Gasteiger partial charge is 0.445 e. The maximum Gasteiger partial charge on any atom is 0.225 e. The van der Waals surface area contributed by atoms with Gasteiger partial charge in [0.15, 0.2) is 0 Å². The molecule has 16 heavy (non-hydrogen) atoms. The zero-order valence-electron chi connectivity index (χ0n) is 9.68. The normalized spacial score (nSPS) is 10.4. The molecule has 0 unspecified atom stereocenters. The molecule has 0 aliphatic rings. The minimum absolute atomic E-state index is 0.672. The van der Waals surface area contributed by atoms with Crippen molar-refractivity contribution in [3.63, 3.8) is 0 Å². The van der Waals surface area contributed by atoms with Crippen LogP contribution in [0.2, 0.25) is 0 Å². The lowest BCUT2D eigenvalue weighted by atomic mass is 10.2. The van der Waals surface area contributed by atoms with Gasteiger partial charge in [0, 0.05) is 24.3 Å². The molecular formula is C13H16N2O. The van der Waals surface area contributed by atoms with Gasteiger partial charge in [0.05, 0.1) is 6.20 Å². The summed E-state index contributed by atoms with van der Waals surface area (Å²) in [5.41, 5.74) is 2.25. The first kappa shape index (κ1) is 10.7. The lowest BCUT2D eigenvalue weighted by molar-refractivity contribution is 0.574. The van der Waals surface area contributed by atoms with Gasteiger partial charge in [-0.05, 0) is 38.1 Å². The van der Waals surface area contributed by atoms with Gasteiger partial charge in [-0.2, -0.15) is 0 Å². The number of rotatable bonds is 4. The Morgan fingerprint density at radius 2 is 1.81 bits per heavy atom. The summed E-state index contributed by atoms with van der Waals surface area (Å²) in [4.78, 5) is 6.43. The number of hydrogen-bond acceptors (Lipinski definition) is 3. The van der Waals surface area contributed by atoms with E-state index in [1.807, 2.05) is 12.1 Å². The number of anilines is 1. The van der Waals surface area contributed by atoms with Crippen LogP contribution in [0.4, 0.5) is 5.69 Å². The molecule has 0 radical (unpaired) electrons. The number of aromatic nitrogens is 1. The van der Waals surface area contributed by atoms with Crippen molar-refractivity contribution in [1.82, 2.24) is 4.98 Å². The van der Waals surface area contributed by atoms with E-state index in [1.165, 1.54) is 5.69 Å². The van der Waals surface area contributed by atoms with Crippen LogP contribution >= 0.6 is 0 Å². The monoisotopic (exact) mass is 216 g/mol. The smallest absolute Gasteiger partial charge is 0.225 e. The minimum Gasteiger partial charge on any atom is -0.445 e. The summed E-state index contributed by atoms with van der Waals surface area (Å²) in [6, 6.07) is 8.29. The minimum atomic E-state index is 0.672. The topological polar surface area (TPSA) is 29.3 Å². The van der Waals surface area contributed by atoms with E-state index in [2.05, 4.69) is 35.9 Å². The molecule has 2 aromatic rings. The second-order valence-corrected chi connectivity index (χ2v) is 3.56. The third kappa shape index (κ3) is 2.08.